The molecule has 2 rings (SSSR count). The van der Waals surface area contributed by atoms with Gasteiger partial charge in [0.2, 0.25) is 0 Å². The van der Waals surface area contributed by atoms with Gasteiger partial charge in [-0.2, -0.15) is 0 Å². The monoisotopic (exact) mass is 177 g/mol. The van der Waals surface area contributed by atoms with E-state index in [0.717, 1.165) is 10.9 Å². The molecule has 0 aliphatic heterocycles. The lowest BCUT2D eigenvalue weighted by atomic mass is 10.2. The number of H-pyrrole nitrogens is 1. The zero-order valence-corrected chi connectivity index (χ0v) is 7.37. The van der Waals surface area contributed by atoms with Gasteiger partial charge in [0, 0.05) is 23.2 Å². The molecule has 2 aromatic rings. The first-order chi connectivity index (χ1) is 6.31. The van der Waals surface area contributed by atoms with Gasteiger partial charge in [0.25, 0.3) is 0 Å². The quantitative estimate of drug-likeness (QED) is 0.739. The summed E-state index contributed by atoms with van der Waals surface area (Å²) in [6.45, 7) is 2.45. The molecule has 0 saturated carbocycles. The molecule has 13 heavy (non-hydrogen) atoms. The molecule has 3 nitrogen and oxygen atoms in total. The van der Waals surface area contributed by atoms with E-state index in [9.17, 15) is 5.11 Å². The molecule has 2 N–H and O–H groups in total. The third-order valence-electron chi connectivity index (χ3n) is 1.93. The summed E-state index contributed by atoms with van der Waals surface area (Å²) in [5, 5.41) is 10.6. The molecule has 0 saturated heterocycles. The highest BCUT2D eigenvalue weighted by Crippen LogP contribution is 2.30. The van der Waals surface area contributed by atoms with Gasteiger partial charge in [-0.25, -0.2) is 0 Å². The number of phenols is 1. The van der Waals surface area contributed by atoms with Crippen molar-refractivity contribution in [3.8, 4) is 11.5 Å². The van der Waals surface area contributed by atoms with E-state index in [4.69, 9.17) is 4.74 Å². The second-order valence-corrected chi connectivity index (χ2v) is 2.82. The number of hydrogen-bond donors (Lipinski definition) is 2. The van der Waals surface area contributed by atoms with Gasteiger partial charge in [0.05, 0.1) is 6.61 Å². The highest BCUT2D eigenvalue weighted by Gasteiger charge is 2.04. The number of rotatable bonds is 2. The van der Waals surface area contributed by atoms with Crippen molar-refractivity contribution in [1.29, 1.82) is 0 Å². The van der Waals surface area contributed by atoms with E-state index in [-0.39, 0.29) is 5.75 Å². The maximum atomic E-state index is 9.51. The molecule has 1 aromatic carbocycles. The molecule has 0 amide bonds. The molecule has 1 aromatic heterocycles. The number of aromatic nitrogens is 1. The maximum absolute atomic E-state index is 9.51. The maximum Gasteiger partial charge on any atom is 0.161 e. The normalized spacial score (nSPS) is 10.5. The van der Waals surface area contributed by atoms with Crippen LogP contribution in [0.25, 0.3) is 10.9 Å². The summed E-state index contributed by atoms with van der Waals surface area (Å²) < 4.78 is 5.25. The first kappa shape index (κ1) is 7.98. The smallest absolute Gasteiger partial charge is 0.161 e. The topological polar surface area (TPSA) is 45.2 Å². The van der Waals surface area contributed by atoms with Crippen LogP contribution in [0.5, 0.6) is 11.5 Å². The van der Waals surface area contributed by atoms with E-state index < -0.39 is 0 Å². The summed E-state index contributed by atoms with van der Waals surface area (Å²) in [5.41, 5.74) is 0.918. The predicted molar refractivity (Wildman–Crippen MR) is 51.1 cm³/mol. The van der Waals surface area contributed by atoms with E-state index in [1.165, 1.54) is 0 Å². The van der Waals surface area contributed by atoms with Crippen molar-refractivity contribution in [3.05, 3.63) is 24.4 Å². The molecule has 0 radical (unpaired) electrons. The molecule has 68 valence electrons. The van der Waals surface area contributed by atoms with Gasteiger partial charge in [-0.1, -0.05) is 0 Å². The number of hydrogen-bond acceptors (Lipinski definition) is 2. The number of ether oxygens (including phenoxy) is 1. The molecule has 1 heterocycles. The molecule has 0 atom stereocenters. The van der Waals surface area contributed by atoms with Crippen LogP contribution < -0.4 is 4.74 Å². The fourth-order valence-corrected chi connectivity index (χ4v) is 1.34. The van der Waals surface area contributed by atoms with E-state index in [1.807, 2.05) is 25.3 Å². The Balaban J connectivity index is 2.56. The third kappa shape index (κ3) is 1.33. The summed E-state index contributed by atoms with van der Waals surface area (Å²) in [6, 6.07) is 5.43. The number of benzene rings is 1. The summed E-state index contributed by atoms with van der Waals surface area (Å²) in [6.07, 6.45) is 1.83. The van der Waals surface area contributed by atoms with Crippen LogP contribution in [0.4, 0.5) is 0 Å². The summed E-state index contributed by atoms with van der Waals surface area (Å²) in [5.74, 6) is 0.714. The highest BCUT2D eigenvalue weighted by molar-refractivity contribution is 5.83. The number of fused-ring (bicyclic) bond motifs is 1. The van der Waals surface area contributed by atoms with E-state index >= 15 is 0 Å². The second-order valence-electron chi connectivity index (χ2n) is 2.82. The Morgan fingerprint density at radius 3 is 3.08 bits per heavy atom. The number of aromatic hydroxyl groups is 1. The van der Waals surface area contributed by atoms with Crippen LogP contribution in [0.1, 0.15) is 6.92 Å². The van der Waals surface area contributed by atoms with Crippen molar-refractivity contribution in [2.24, 2.45) is 0 Å². The standard InChI is InChI=1S/C10H11NO2/c1-2-13-10-5-7-3-4-11-8(7)6-9(10)12/h3-6,11-12H,2H2,1H3. The van der Waals surface area contributed by atoms with Crippen molar-refractivity contribution in [1.82, 2.24) is 4.98 Å². The van der Waals surface area contributed by atoms with Crippen molar-refractivity contribution < 1.29 is 9.84 Å². The van der Waals surface area contributed by atoms with Crippen molar-refractivity contribution in [3.63, 3.8) is 0 Å². The Morgan fingerprint density at radius 1 is 1.46 bits per heavy atom. The summed E-state index contributed by atoms with van der Waals surface area (Å²) in [4.78, 5) is 3.01. The third-order valence-corrected chi connectivity index (χ3v) is 1.93. The number of nitrogens with one attached hydrogen (secondary N) is 1. The van der Waals surface area contributed by atoms with Crippen LogP contribution >= 0.6 is 0 Å². The largest absolute Gasteiger partial charge is 0.504 e. The van der Waals surface area contributed by atoms with Crippen molar-refractivity contribution >= 4 is 10.9 Å². The van der Waals surface area contributed by atoms with E-state index in [0.29, 0.717) is 12.4 Å². The molecule has 0 bridgehead atoms. The van der Waals surface area contributed by atoms with Crippen LogP contribution in [0, 0.1) is 0 Å². The lowest BCUT2D eigenvalue weighted by Gasteiger charge is -2.05. The van der Waals surface area contributed by atoms with Gasteiger partial charge in [-0.15, -0.1) is 0 Å². The second kappa shape index (κ2) is 3.01. The zero-order valence-electron chi connectivity index (χ0n) is 7.37. The molecule has 0 aliphatic rings. The summed E-state index contributed by atoms with van der Waals surface area (Å²) >= 11 is 0. The van der Waals surface area contributed by atoms with Crippen LogP contribution in [0.3, 0.4) is 0 Å². The fourth-order valence-electron chi connectivity index (χ4n) is 1.34. The fraction of sp³-hybridized carbons (Fsp3) is 0.200. The molecule has 0 unspecified atom stereocenters. The average molecular weight is 177 g/mol. The molecule has 0 aliphatic carbocycles. The van der Waals surface area contributed by atoms with Gasteiger partial charge >= 0.3 is 0 Å². The molecular weight excluding hydrogens is 166 g/mol. The Kier molecular flexibility index (Phi) is 1.85. The van der Waals surface area contributed by atoms with Gasteiger partial charge in [-0.05, 0) is 19.1 Å². The lowest BCUT2D eigenvalue weighted by molar-refractivity contribution is 0.319. The van der Waals surface area contributed by atoms with Crippen LogP contribution in [0.2, 0.25) is 0 Å². The first-order valence-corrected chi connectivity index (χ1v) is 4.24. The van der Waals surface area contributed by atoms with E-state index in [2.05, 4.69) is 4.98 Å². The molecule has 0 spiro atoms. The van der Waals surface area contributed by atoms with Gasteiger partial charge < -0.3 is 14.8 Å². The van der Waals surface area contributed by atoms with Gasteiger partial charge in [0.1, 0.15) is 0 Å². The SMILES string of the molecule is CCOc1cc2cc[nH]c2cc1O. The molecule has 3 heteroatoms. The van der Waals surface area contributed by atoms with Crippen LogP contribution in [-0.4, -0.2) is 16.7 Å². The Hall–Kier alpha value is -1.64. The minimum Gasteiger partial charge on any atom is -0.504 e. The van der Waals surface area contributed by atoms with Gasteiger partial charge in [-0.3, -0.25) is 0 Å². The molecule has 0 fully saturated rings. The lowest BCUT2D eigenvalue weighted by Crippen LogP contribution is -1.91. The number of phenolic OH excluding ortho intramolecular Hbond substituents is 1. The highest BCUT2D eigenvalue weighted by atomic mass is 16.5. The van der Waals surface area contributed by atoms with Crippen LogP contribution in [-0.2, 0) is 0 Å². The minimum atomic E-state index is 0.178. The summed E-state index contributed by atoms with van der Waals surface area (Å²) in [7, 11) is 0. The molecular formula is C10H11NO2. The number of aromatic amines is 1. The Bertz CT molecular complexity index is 420. The first-order valence-electron chi connectivity index (χ1n) is 4.24. The minimum absolute atomic E-state index is 0.178. The van der Waals surface area contributed by atoms with E-state index in [1.54, 1.807) is 6.07 Å². The average Bonchev–Trinajstić information content (AvgIpc) is 2.52. The van der Waals surface area contributed by atoms with Gasteiger partial charge in [0.15, 0.2) is 11.5 Å². The zero-order chi connectivity index (χ0) is 9.26. The predicted octanol–water partition coefficient (Wildman–Crippen LogP) is 2.27. The Labute approximate surface area is 76.0 Å². The van der Waals surface area contributed by atoms with Crippen molar-refractivity contribution in [2.75, 3.05) is 6.61 Å². The van der Waals surface area contributed by atoms with Crippen molar-refractivity contribution in [2.45, 2.75) is 6.92 Å². The van der Waals surface area contributed by atoms with Crippen LogP contribution in [0.15, 0.2) is 24.4 Å². The Morgan fingerprint density at radius 2 is 2.31 bits per heavy atom.